The molecule has 28 heavy (non-hydrogen) atoms. The van der Waals surface area contributed by atoms with Gasteiger partial charge in [-0.05, 0) is 54.9 Å². The second-order valence-electron chi connectivity index (χ2n) is 7.71. The van der Waals surface area contributed by atoms with Crippen LogP contribution in [0.5, 0.6) is 0 Å². The average molecular weight is 398 g/mol. The van der Waals surface area contributed by atoms with E-state index in [4.69, 9.17) is 11.6 Å². The third-order valence-corrected chi connectivity index (χ3v) is 5.97. The minimum Gasteiger partial charge on any atom is -0.481 e. The van der Waals surface area contributed by atoms with Crippen molar-refractivity contribution in [2.24, 2.45) is 0 Å². The molecule has 3 aromatic rings. The molecule has 146 valence electrons. The van der Waals surface area contributed by atoms with E-state index < -0.39 is 5.97 Å². The zero-order chi connectivity index (χ0) is 19.8. The summed E-state index contributed by atoms with van der Waals surface area (Å²) < 4.78 is 2.32. The minimum absolute atomic E-state index is 0.0901. The molecule has 0 aliphatic carbocycles. The first-order valence-corrected chi connectivity index (χ1v) is 9.92. The number of aryl methyl sites for hydroxylation is 1. The van der Waals surface area contributed by atoms with E-state index in [0.29, 0.717) is 6.54 Å². The van der Waals surface area contributed by atoms with E-state index in [1.165, 1.54) is 16.6 Å². The zero-order valence-electron chi connectivity index (χ0n) is 16.2. The number of pyridine rings is 1. The Morgan fingerprint density at radius 3 is 2.93 bits per heavy atom. The van der Waals surface area contributed by atoms with Crippen molar-refractivity contribution < 1.29 is 9.90 Å². The Kier molecular flexibility index (Phi) is 5.13. The molecule has 1 N–H and O–H groups in total. The lowest BCUT2D eigenvalue weighted by atomic mass is 9.93. The van der Waals surface area contributed by atoms with E-state index in [1.54, 1.807) is 6.20 Å². The molecular formula is C22H24ClN3O2. The molecule has 0 saturated carbocycles. The predicted molar refractivity (Wildman–Crippen MR) is 111 cm³/mol. The lowest BCUT2D eigenvalue weighted by Gasteiger charge is -2.26. The molecule has 2 aromatic heterocycles. The van der Waals surface area contributed by atoms with E-state index in [2.05, 4.69) is 27.6 Å². The van der Waals surface area contributed by atoms with Crippen LogP contribution in [0.15, 0.2) is 36.7 Å². The van der Waals surface area contributed by atoms with Crippen LogP contribution in [0.4, 0.5) is 0 Å². The number of carbonyl (C=O) groups is 1. The number of hydrogen-bond acceptors (Lipinski definition) is 3. The van der Waals surface area contributed by atoms with Crippen molar-refractivity contribution in [2.75, 3.05) is 13.6 Å². The number of aliphatic carboxylic acids is 1. The lowest BCUT2D eigenvalue weighted by molar-refractivity contribution is -0.137. The van der Waals surface area contributed by atoms with Gasteiger partial charge in [0.15, 0.2) is 0 Å². The monoisotopic (exact) mass is 397 g/mol. The van der Waals surface area contributed by atoms with Gasteiger partial charge in [0.2, 0.25) is 0 Å². The number of aromatic nitrogens is 2. The van der Waals surface area contributed by atoms with Gasteiger partial charge >= 0.3 is 5.97 Å². The molecule has 0 spiro atoms. The van der Waals surface area contributed by atoms with Crippen LogP contribution >= 0.6 is 11.6 Å². The van der Waals surface area contributed by atoms with Crippen LogP contribution in [0.25, 0.3) is 10.9 Å². The minimum atomic E-state index is -0.783. The van der Waals surface area contributed by atoms with Crippen molar-refractivity contribution in [1.82, 2.24) is 14.5 Å². The van der Waals surface area contributed by atoms with Crippen molar-refractivity contribution in [2.45, 2.75) is 38.8 Å². The summed E-state index contributed by atoms with van der Waals surface area (Å²) in [6.45, 7) is 4.51. The highest BCUT2D eigenvalue weighted by Crippen LogP contribution is 2.35. The number of carboxylic acid groups (broad SMARTS) is 1. The van der Waals surface area contributed by atoms with Gasteiger partial charge < -0.3 is 14.6 Å². The highest BCUT2D eigenvalue weighted by atomic mass is 35.5. The van der Waals surface area contributed by atoms with Crippen LogP contribution in [0.2, 0.25) is 5.02 Å². The average Bonchev–Trinajstić information content (AvgIpc) is 2.94. The summed E-state index contributed by atoms with van der Waals surface area (Å²) >= 11 is 6.29. The smallest absolute Gasteiger partial charge is 0.304 e. The first kappa shape index (κ1) is 19.0. The number of rotatable bonds is 5. The maximum Gasteiger partial charge on any atom is 0.304 e. The summed E-state index contributed by atoms with van der Waals surface area (Å²) in [7, 11) is 2.13. The standard InChI is InChI=1S/C22H24ClN3O2/c1-14-11-24-7-5-17(14)15(9-22(27)28)12-26-20-4-3-16(23)10-18(20)19-13-25(2)8-6-21(19)26/h3-5,7,10-11,15H,6,8-9,12-13H2,1-2H3,(H,27,28). The molecule has 1 aliphatic rings. The number of hydrogen-bond donors (Lipinski definition) is 1. The summed E-state index contributed by atoms with van der Waals surface area (Å²) in [5.74, 6) is -0.898. The Morgan fingerprint density at radius 1 is 1.36 bits per heavy atom. The van der Waals surface area contributed by atoms with Crippen LogP contribution in [0, 0.1) is 6.92 Å². The molecular weight excluding hydrogens is 374 g/mol. The summed E-state index contributed by atoms with van der Waals surface area (Å²) in [5.41, 5.74) is 5.83. The SMILES string of the molecule is Cc1cnccc1C(CC(=O)O)Cn1c2c(c3cc(Cl)ccc31)CN(C)CC2. The lowest BCUT2D eigenvalue weighted by Crippen LogP contribution is -2.28. The van der Waals surface area contributed by atoms with Crippen LogP contribution in [-0.2, 0) is 24.3 Å². The molecule has 3 heterocycles. The van der Waals surface area contributed by atoms with Gasteiger partial charge in [-0.3, -0.25) is 9.78 Å². The van der Waals surface area contributed by atoms with E-state index in [1.807, 2.05) is 31.3 Å². The van der Waals surface area contributed by atoms with Crippen molar-refractivity contribution in [3.05, 3.63) is 64.1 Å². The van der Waals surface area contributed by atoms with Gasteiger partial charge in [-0.15, -0.1) is 0 Å². The van der Waals surface area contributed by atoms with Crippen LogP contribution < -0.4 is 0 Å². The van der Waals surface area contributed by atoms with Gasteiger partial charge in [-0.2, -0.15) is 0 Å². The predicted octanol–water partition coefficient (Wildman–Crippen LogP) is 4.24. The fourth-order valence-corrected chi connectivity index (χ4v) is 4.58. The van der Waals surface area contributed by atoms with Gasteiger partial charge in [0.25, 0.3) is 0 Å². The number of halogens is 1. The van der Waals surface area contributed by atoms with Crippen LogP contribution in [0.3, 0.4) is 0 Å². The summed E-state index contributed by atoms with van der Waals surface area (Å²) in [5, 5.41) is 11.4. The molecule has 5 nitrogen and oxygen atoms in total. The Bertz CT molecular complexity index is 1040. The van der Waals surface area contributed by atoms with Crippen molar-refractivity contribution in [3.8, 4) is 0 Å². The Hall–Kier alpha value is -2.37. The topological polar surface area (TPSA) is 58.4 Å². The van der Waals surface area contributed by atoms with Gasteiger partial charge in [0.1, 0.15) is 0 Å². The zero-order valence-corrected chi connectivity index (χ0v) is 16.9. The Labute approximate surface area is 169 Å². The summed E-state index contributed by atoms with van der Waals surface area (Å²) in [6.07, 6.45) is 4.59. The van der Waals surface area contributed by atoms with E-state index in [0.717, 1.165) is 41.2 Å². The molecule has 0 radical (unpaired) electrons. The van der Waals surface area contributed by atoms with Gasteiger partial charge in [-0.1, -0.05) is 11.6 Å². The number of likely N-dealkylation sites (N-methyl/N-ethyl adjacent to an activating group) is 1. The second-order valence-corrected chi connectivity index (χ2v) is 8.15. The fourth-order valence-electron chi connectivity index (χ4n) is 4.41. The van der Waals surface area contributed by atoms with Crippen LogP contribution in [-0.4, -0.2) is 39.1 Å². The maximum absolute atomic E-state index is 11.6. The number of carboxylic acids is 1. The highest BCUT2D eigenvalue weighted by Gasteiger charge is 2.26. The van der Waals surface area contributed by atoms with Crippen LogP contribution in [0.1, 0.15) is 34.7 Å². The molecule has 1 unspecified atom stereocenters. The van der Waals surface area contributed by atoms with E-state index in [9.17, 15) is 9.90 Å². The third-order valence-electron chi connectivity index (χ3n) is 5.73. The maximum atomic E-state index is 11.6. The van der Waals surface area contributed by atoms with Gasteiger partial charge in [-0.25, -0.2) is 0 Å². The summed E-state index contributed by atoms with van der Waals surface area (Å²) in [4.78, 5) is 18.1. The van der Waals surface area contributed by atoms with Gasteiger partial charge in [0, 0.05) is 66.0 Å². The van der Waals surface area contributed by atoms with Crippen molar-refractivity contribution in [1.29, 1.82) is 0 Å². The van der Waals surface area contributed by atoms with E-state index in [-0.39, 0.29) is 12.3 Å². The van der Waals surface area contributed by atoms with Crippen molar-refractivity contribution in [3.63, 3.8) is 0 Å². The third kappa shape index (κ3) is 3.52. The highest BCUT2D eigenvalue weighted by molar-refractivity contribution is 6.31. The molecule has 1 aliphatic heterocycles. The molecule has 1 atom stereocenters. The first-order chi connectivity index (χ1) is 13.4. The molecule has 0 saturated heterocycles. The second kappa shape index (κ2) is 7.57. The normalized spacial score (nSPS) is 15.5. The molecule has 4 rings (SSSR count). The fraction of sp³-hybridized carbons (Fsp3) is 0.364. The largest absolute Gasteiger partial charge is 0.481 e. The number of nitrogens with zero attached hydrogens (tertiary/aromatic N) is 3. The molecule has 1 aromatic carbocycles. The number of fused-ring (bicyclic) bond motifs is 3. The van der Waals surface area contributed by atoms with Gasteiger partial charge in [0.05, 0.1) is 6.42 Å². The molecule has 0 bridgehead atoms. The first-order valence-electron chi connectivity index (χ1n) is 9.54. The summed E-state index contributed by atoms with van der Waals surface area (Å²) in [6, 6.07) is 7.97. The van der Waals surface area contributed by atoms with E-state index >= 15 is 0 Å². The number of benzene rings is 1. The Morgan fingerprint density at radius 2 is 2.18 bits per heavy atom. The van der Waals surface area contributed by atoms with Crippen molar-refractivity contribution >= 4 is 28.5 Å². The molecule has 0 fully saturated rings. The quantitative estimate of drug-likeness (QED) is 0.699. The molecule has 6 heteroatoms. The Balaban J connectivity index is 1.83. The molecule has 0 amide bonds.